The van der Waals surface area contributed by atoms with Crippen LogP contribution < -0.4 is 10.1 Å². The Morgan fingerprint density at radius 3 is 2.52 bits per heavy atom. The van der Waals surface area contributed by atoms with Gasteiger partial charge in [0.05, 0.1) is 6.04 Å². The number of nitrogens with one attached hydrogen (secondary N) is 1. The smallest absolute Gasteiger partial charge is 0.119 e. The summed E-state index contributed by atoms with van der Waals surface area (Å²) in [6.07, 6.45) is 2.18. The van der Waals surface area contributed by atoms with E-state index in [0.717, 1.165) is 25.1 Å². The fraction of sp³-hybridized carbons (Fsp3) is 0.368. The first-order chi connectivity index (χ1) is 10.3. The summed E-state index contributed by atoms with van der Waals surface area (Å²) in [4.78, 5) is 0. The van der Waals surface area contributed by atoms with Gasteiger partial charge < -0.3 is 10.1 Å². The van der Waals surface area contributed by atoms with Gasteiger partial charge in [0.25, 0.3) is 0 Å². The SMILES string of the molecule is CCCNC(COc1ccccc1)c1cccc(CC)c1. The fourth-order valence-electron chi connectivity index (χ4n) is 2.32. The number of rotatable bonds is 8. The van der Waals surface area contributed by atoms with Crippen LogP contribution in [0.1, 0.15) is 37.4 Å². The molecule has 1 unspecified atom stereocenters. The Labute approximate surface area is 128 Å². The van der Waals surface area contributed by atoms with E-state index in [2.05, 4.69) is 43.4 Å². The largest absolute Gasteiger partial charge is 0.492 e. The summed E-state index contributed by atoms with van der Waals surface area (Å²) in [6, 6.07) is 19.0. The summed E-state index contributed by atoms with van der Waals surface area (Å²) in [7, 11) is 0. The van der Waals surface area contributed by atoms with E-state index in [4.69, 9.17) is 4.74 Å². The quantitative estimate of drug-likeness (QED) is 0.777. The molecule has 21 heavy (non-hydrogen) atoms. The maximum absolute atomic E-state index is 5.93. The van der Waals surface area contributed by atoms with Gasteiger partial charge in [-0.25, -0.2) is 0 Å². The first-order valence-electron chi connectivity index (χ1n) is 7.83. The molecule has 0 spiro atoms. The Morgan fingerprint density at radius 2 is 1.81 bits per heavy atom. The van der Waals surface area contributed by atoms with Crippen molar-refractivity contribution in [1.29, 1.82) is 0 Å². The van der Waals surface area contributed by atoms with Crippen molar-refractivity contribution >= 4 is 0 Å². The maximum Gasteiger partial charge on any atom is 0.119 e. The summed E-state index contributed by atoms with van der Waals surface area (Å²) in [5.74, 6) is 0.924. The number of para-hydroxylation sites is 1. The van der Waals surface area contributed by atoms with Gasteiger partial charge in [0, 0.05) is 0 Å². The summed E-state index contributed by atoms with van der Waals surface area (Å²) in [6.45, 7) is 6.02. The van der Waals surface area contributed by atoms with Crippen LogP contribution in [0.3, 0.4) is 0 Å². The predicted molar refractivity (Wildman–Crippen MR) is 88.8 cm³/mol. The highest BCUT2D eigenvalue weighted by Crippen LogP contribution is 2.18. The van der Waals surface area contributed by atoms with Crippen LogP contribution in [0.25, 0.3) is 0 Å². The molecule has 2 aromatic rings. The highest BCUT2D eigenvalue weighted by Gasteiger charge is 2.12. The third kappa shape index (κ3) is 4.91. The molecule has 0 aliphatic carbocycles. The van der Waals surface area contributed by atoms with Gasteiger partial charge in [-0.3, -0.25) is 0 Å². The standard InChI is InChI=1S/C19H25NO/c1-3-13-20-19(15-21-18-11-6-5-7-12-18)17-10-8-9-16(4-2)14-17/h5-12,14,19-20H,3-4,13,15H2,1-2H3. The molecule has 2 heteroatoms. The minimum absolute atomic E-state index is 0.233. The molecule has 0 fully saturated rings. The summed E-state index contributed by atoms with van der Waals surface area (Å²) in [5, 5.41) is 3.58. The van der Waals surface area contributed by atoms with Crippen molar-refractivity contribution < 1.29 is 4.74 Å². The van der Waals surface area contributed by atoms with Crippen molar-refractivity contribution in [3.8, 4) is 5.75 Å². The molecule has 112 valence electrons. The lowest BCUT2D eigenvalue weighted by Crippen LogP contribution is -2.27. The Kier molecular flexibility index (Phi) is 6.29. The van der Waals surface area contributed by atoms with Gasteiger partial charge in [-0.2, -0.15) is 0 Å². The van der Waals surface area contributed by atoms with E-state index in [1.807, 2.05) is 30.3 Å². The van der Waals surface area contributed by atoms with Crippen molar-refractivity contribution in [3.63, 3.8) is 0 Å². The summed E-state index contributed by atoms with van der Waals surface area (Å²) < 4.78 is 5.93. The van der Waals surface area contributed by atoms with E-state index in [-0.39, 0.29) is 6.04 Å². The van der Waals surface area contributed by atoms with Crippen LogP contribution in [-0.4, -0.2) is 13.2 Å². The molecule has 0 bridgehead atoms. The second-order valence-electron chi connectivity index (χ2n) is 5.23. The van der Waals surface area contributed by atoms with Gasteiger partial charge in [-0.05, 0) is 42.6 Å². The van der Waals surface area contributed by atoms with E-state index < -0.39 is 0 Å². The lowest BCUT2D eigenvalue weighted by atomic mass is 10.0. The second-order valence-corrected chi connectivity index (χ2v) is 5.23. The van der Waals surface area contributed by atoms with Crippen LogP contribution in [0, 0.1) is 0 Å². The minimum Gasteiger partial charge on any atom is -0.492 e. The van der Waals surface area contributed by atoms with Crippen LogP contribution in [0.4, 0.5) is 0 Å². The summed E-state index contributed by atoms with van der Waals surface area (Å²) in [5.41, 5.74) is 2.68. The lowest BCUT2D eigenvalue weighted by molar-refractivity contribution is 0.266. The van der Waals surface area contributed by atoms with Gasteiger partial charge in [-0.1, -0.05) is 56.3 Å². The molecular formula is C19H25NO. The number of aryl methyl sites for hydroxylation is 1. The van der Waals surface area contributed by atoms with Crippen LogP contribution in [-0.2, 0) is 6.42 Å². The number of hydrogen-bond donors (Lipinski definition) is 1. The first-order valence-corrected chi connectivity index (χ1v) is 7.83. The maximum atomic E-state index is 5.93. The predicted octanol–water partition coefficient (Wildman–Crippen LogP) is 4.37. The molecule has 2 nitrogen and oxygen atoms in total. The van der Waals surface area contributed by atoms with E-state index in [0.29, 0.717) is 6.61 Å². The zero-order valence-corrected chi connectivity index (χ0v) is 13.0. The third-order valence-corrected chi connectivity index (χ3v) is 3.56. The lowest BCUT2D eigenvalue weighted by Gasteiger charge is -2.20. The van der Waals surface area contributed by atoms with Gasteiger partial charge in [0.2, 0.25) is 0 Å². The molecule has 1 N–H and O–H groups in total. The minimum atomic E-state index is 0.233. The van der Waals surface area contributed by atoms with Crippen molar-refractivity contribution in [3.05, 3.63) is 65.7 Å². The van der Waals surface area contributed by atoms with Crippen molar-refractivity contribution in [2.75, 3.05) is 13.2 Å². The number of ether oxygens (including phenoxy) is 1. The molecule has 0 saturated heterocycles. The highest BCUT2D eigenvalue weighted by atomic mass is 16.5. The second kappa shape index (κ2) is 8.48. The first kappa shape index (κ1) is 15.6. The van der Waals surface area contributed by atoms with Crippen molar-refractivity contribution in [1.82, 2.24) is 5.32 Å². The van der Waals surface area contributed by atoms with Crippen LogP contribution in [0.15, 0.2) is 54.6 Å². The zero-order valence-electron chi connectivity index (χ0n) is 13.0. The van der Waals surface area contributed by atoms with Crippen molar-refractivity contribution in [2.24, 2.45) is 0 Å². The van der Waals surface area contributed by atoms with Crippen molar-refractivity contribution in [2.45, 2.75) is 32.7 Å². The average molecular weight is 283 g/mol. The normalized spacial score (nSPS) is 12.1. The van der Waals surface area contributed by atoms with Gasteiger partial charge >= 0.3 is 0 Å². The fourth-order valence-corrected chi connectivity index (χ4v) is 2.32. The zero-order chi connectivity index (χ0) is 14.9. The highest BCUT2D eigenvalue weighted by molar-refractivity contribution is 5.27. The topological polar surface area (TPSA) is 21.3 Å². The van der Waals surface area contributed by atoms with E-state index in [9.17, 15) is 0 Å². The Morgan fingerprint density at radius 1 is 1.00 bits per heavy atom. The van der Waals surface area contributed by atoms with Gasteiger partial charge in [-0.15, -0.1) is 0 Å². The monoisotopic (exact) mass is 283 g/mol. The Bertz CT molecular complexity index is 524. The molecule has 0 amide bonds. The van der Waals surface area contributed by atoms with E-state index in [1.54, 1.807) is 0 Å². The molecule has 0 aromatic heterocycles. The summed E-state index contributed by atoms with van der Waals surface area (Å²) >= 11 is 0. The molecular weight excluding hydrogens is 258 g/mol. The molecule has 1 atom stereocenters. The molecule has 0 aliphatic rings. The number of benzene rings is 2. The Balaban J connectivity index is 2.06. The molecule has 0 heterocycles. The Hall–Kier alpha value is -1.80. The molecule has 2 rings (SSSR count). The molecule has 0 saturated carbocycles. The molecule has 2 aromatic carbocycles. The van der Waals surface area contributed by atoms with Gasteiger partial charge in [0.1, 0.15) is 12.4 Å². The van der Waals surface area contributed by atoms with Crippen LogP contribution in [0.5, 0.6) is 5.75 Å². The van der Waals surface area contributed by atoms with Crippen LogP contribution >= 0.6 is 0 Å². The van der Waals surface area contributed by atoms with Gasteiger partial charge in [0.15, 0.2) is 0 Å². The molecule has 0 aliphatic heterocycles. The van der Waals surface area contributed by atoms with E-state index >= 15 is 0 Å². The third-order valence-electron chi connectivity index (χ3n) is 3.56. The molecule has 0 radical (unpaired) electrons. The average Bonchev–Trinajstić information content (AvgIpc) is 2.56. The van der Waals surface area contributed by atoms with E-state index in [1.165, 1.54) is 11.1 Å². The number of hydrogen-bond acceptors (Lipinski definition) is 2. The van der Waals surface area contributed by atoms with Crippen LogP contribution in [0.2, 0.25) is 0 Å².